The Labute approximate surface area is 95.2 Å². The van der Waals surface area contributed by atoms with E-state index in [9.17, 15) is 13.6 Å². The molecule has 0 aliphatic rings. The molecule has 0 saturated carbocycles. The number of carboxylic acid groups (broad SMARTS) is 1. The Hall–Kier alpha value is -0.910. The molecule has 0 aliphatic carbocycles. The Morgan fingerprint density at radius 1 is 1.47 bits per heavy atom. The third kappa shape index (κ3) is 2.77. The molecule has 3 N–H and O–H groups in total. The second kappa shape index (κ2) is 5.25. The minimum Gasteiger partial charge on any atom is -0.480 e. The van der Waals surface area contributed by atoms with Gasteiger partial charge in [0.05, 0.1) is 0 Å². The van der Waals surface area contributed by atoms with E-state index < -0.39 is 28.7 Å². The molecular weight excluding hydrogens is 251 g/mol. The third-order valence-electron chi connectivity index (χ3n) is 1.67. The molecule has 1 aromatic carbocycles. The van der Waals surface area contributed by atoms with E-state index >= 15 is 0 Å². The molecule has 7 heteroatoms. The first kappa shape index (κ1) is 14.1. The van der Waals surface area contributed by atoms with Crippen LogP contribution in [-0.2, 0) is 4.79 Å². The van der Waals surface area contributed by atoms with Gasteiger partial charge in [0.1, 0.15) is 22.7 Å². The first-order chi connectivity index (χ1) is 6.45. The van der Waals surface area contributed by atoms with Crippen LogP contribution >= 0.6 is 24.0 Å². The fraction of sp³-hybridized carbons (Fsp3) is 0.125. The van der Waals surface area contributed by atoms with Crippen molar-refractivity contribution in [2.24, 2.45) is 5.73 Å². The van der Waals surface area contributed by atoms with Crippen molar-refractivity contribution in [2.75, 3.05) is 0 Å². The van der Waals surface area contributed by atoms with Gasteiger partial charge in [-0.25, -0.2) is 8.78 Å². The highest BCUT2D eigenvalue weighted by Gasteiger charge is 2.21. The molecule has 1 rings (SSSR count). The predicted octanol–water partition coefficient (Wildman–Crippen LogP) is 2.12. The van der Waals surface area contributed by atoms with Gasteiger partial charge in [-0.15, -0.1) is 12.4 Å². The lowest BCUT2D eigenvalue weighted by Crippen LogP contribution is -2.22. The quantitative estimate of drug-likeness (QED) is 0.798. The number of rotatable bonds is 2. The topological polar surface area (TPSA) is 63.3 Å². The Morgan fingerprint density at radius 2 is 2.00 bits per heavy atom. The number of carbonyl (C=O) groups is 1. The van der Waals surface area contributed by atoms with Crippen LogP contribution in [0.3, 0.4) is 0 Å². The van der Waals surface area contributed by atoms with Crippen LogP contribution in [-0.4, -0.2) is 11.1 Å². The average Bonchev–Trinajstić information content (AvgIpc) is 2.13. The summed E-state index contributed by atoms with van der Waals surface area (Å²) in [7, 11) is 0. The summed E-state index contributed by atoms with van der Waals surface area (Å²) in [6.07, 6.45) is 0. The summed E-state index contributed by atoms with van der Waals surface area (Å²) in [5, 5.41) is 7.74. The summed E-state index contributed by atoms with van der Waals surface area (Å²) >= 11 is 5.23. The van der Waals surface area contributed by atoms with Gasteiger partial charge in [0.15, 0.2) is 0 Å². The number of hydrogen-bond acceptors (Lipinski definition) is 2. The molecule has 0 spiro atoms. The SMILES string of the molecule is Cl.NC(C(=O)O)c1ccc(F)c(Cl)c1F. The first-order valence-corrected chi connectivity index (χ1v) is 3.94. The van der Waals surface area contributed by atoms with Crippen LogP contribution in [0.25, 0.3) is 0 Å². The number of halogens is 4. The molecule has 0 amide bonds. The zero-order valence-corrected chi connectivity index (χ0v) is 8.78. The number of aliphatic carboxylic acids is 1. The van der Waals surface area contributed by atoms with Gasteiger partial charge in [-0.05, 0) is 6.07 Å². The van der Waals surface area contributed by atoms with E-state index in [0.717, 1.165) is 12.1 Å². The number of nitrogens with two attached hydrogens (primary N) is 1. The minimum absolute atomic E-state index is 0. The lowest BCUT2D eigenvalue weighted by atomic mass is 10.1. The zero-order valence-electron chi connectivity index (χ0n) is 7.21. The highest BCUT2D eigenvalue weighted by atomic mass is 35.5. The van der Waals surface area contributed by atoms with Crippen molar-refractivity contribution in [3.63, 3.8) is 0 Å². The molecule has 0 aliphatic heterocycles. The maximum absolute atomic E-state index is 13.2. The predicted molar refractivity (Wildman–Crippen MR) is 53.2 cm³/mol. The van der Waals surface area contributed by atoms with Gasteiger partial charge in [-0.3, -0.25) is 4.79 Å². The van der Waals surface area contributed by atoms with Crippen molar-refractivity contribution in [1.29, 1.82) is 0 Å². The van der Waals surface area contributed by atoms with Crippen LogP contribution < -0.4 is 5.73 Å². The highest BCUT2D eigenvalue weighted by molar-refractivity contribution is 6.31. The van der Waals surface area contributed by atoms with Crippen molar-refractivity contribution in [3.05, 3.63) is 34.4 Å². The number of carboxylic acids is 1. The summed E-state index contributed by atoms with van der Waals surface area (Å²) < 4.78 is 25.8. The summed E-state index contributed by atoms with van der Waals surface area (Å²) in [4.78, 5) is 10.4. The molecule has 0 bridgehead atoms. The van der Waals surface area contributed by atoms with Gasteiger partial charge in [0.25, 0.3) is 0 Å². The molecular formula is C8H7Cl2F2NO2. The van der Waals surface area contributed by atoms with Crippen LogP contribution in [0.2, 0.25) is 5.02 Å². The lowest BCUT2D eigenvalue weighted by Gasteiger charge is -2.08. The number of hydrogen-bond donors (Lipinski definition) is 2. The molecule has 0 fully saturated rings. The molecule has 0 heterocycles. The largest absolute Gasteiger partial charge is 0.480 e. The van der Waals surface area contributed by atoms with E-state index in [-0.39, 0.29) is 18.0 Å². The van der Waals surface area contributed by atoms with Gasteiger partial charge in [0, 0.05) is 5.56 Å². The van der Waals surface area contributed by atoms with E-state index in [2.05, 4.69) is 0 Å². The number of benzene rings is 1. The summed E-state index contributed by atoms with van der Waals surface area (Å²) in [6, 6.07) is 0.270. The molecule has 3 nitrogen and oxygen atoms in total. The van der Waals surface area contributed by atoms with Gasteiger partial charge >= 0.3 is 5.97 Å². The highest BCUT2D eigenvalue weighted by Crippen LogP contribution is 2.25. The monoisotopic (exact) mass is 257 g/mol. The van der Waals surface area contributed by atoms with Crippen molar-refractivity contribution in [2.45, 2.75) is 6.04 Å². The molecule has 1 unspecified atom stereocenters. The van der Waals surface area contributed by atoms with Crippen molar-refractivity contribution in [3.8, 4) is 0 Å². The van der Waals surface area contributed by atoms with Gasteiger partial charge in [-0.1, -0.05) is 17.7 Å². The van der Waals surface area contributed by atoms with E-state index in [0.29, 0.717) is 0 Å². The van der Waals surface area contributed by atoms with Crippen LogP contribution in [0.1, 0.15) is 11.6 Å². The van der Waals surface area contributed by atoms with Gasteiger partial charge in [-0.2, -0.15) is 0 Å². The molecule has 1 atom stereocenters. The normalized spacial score (nSPS) is 11.7. The molecule has 0 saturated heterocycles. The zero-order chi connectivity index (χ0) is 10.9. The Kier molecular flexibility index (Phi) is 4.93. The van der Waals surface area contributed by atoms with Gasteiger partial charge in [0.2, 0.25) is 0 Å². The summed E-state index contributed by atoms with van der Waals surface area (Å²) in [6.45, 7) is 0. The molecule has 1 aromatic rings. The molecule has 15 heavy (non-hydrogen) atoms. The Bertz CT molecular complexity index is 387. The van der Waals surface area contributed by atoms with Crippen molar-refractivity contribution in [1.82, 2.24) is 0 Å². The fourth-order valence-electron chi connectivity index (χ4n) is 0.914. The van der Waals surface area contributed by atoms with Crippen LogP contribution in [0.4, 0.5) is 8.78 Å². The van der Waals surface area contributed by atoms with Crippen LogP contribution in [0, 0.1) is 11.6 Å². The minimum atomic E-state index is -1.55. The maximum Gasteiger partial charge on any atom is 0.325 e. The Morgan fingerprint density at radius 3 is 2.47 bits per heavy atom. The summed E-state index contributed by atoms with van der Waals surface area (Å²) in [5.74, 6) is -3.50. The smallest absolute Gasteiger partial charge is 0.325 e. The van der Waals surface area contributed by atoms with E-state index in [1.54, 1.807) is 0 Å². The first-order valence-electron chi connectivity index (χ1n) is 3.57. The van der Waals surface area contributed by atoms with E-state index in [4.69, 9.17) is 22.4 Å². The lowest BCUT2D eigenvalue weighted by molar-refractivity contribution is -0.138. The van der Waals surface area contributed by atoms with Crippen molar-refractivity contribution >= 4 is 30.0 Å². The second-order valence-electron chi connectivity index (χ2n) is 2.58. The van der Waals surface area contributed by atoms with Crippen molar-refractivity contribution < 1.29 is 18.7 Å². The Balaban J connectivity index is 0.00000196. The fourth-order valence-corrected chi connectivity index (χ4v) is 1.09. The van der Waals surface area contributed by atoms with E-state index in [1.165, 1.54) is 0 Å². The van der Waals surface area contributed by atoms with Crippen LogP contribution in [0.15, 0.2) is 12.1 Å². The standard InChI is InChI=1S/C8H6ClF2NO2.ClH/c9-5-4(10)2-1-3(6(5)11)7(12)8(13)14;/h1-2,7H,12H2,(H,13,14);1H. The molecule has 84 valence electrons. The van der Waals surface area contributed by atoms with Crippen LogP contribution in [0.5, 0.6) is 0 Å². The maximum atomic E-state index is 13.2. The average molecular weight is 258 g/mol. The molecule has 0 aromatic heterocycles. The second-order valence-corrected chi connectivity index (χ2v) is 2.96. The molecule has 0 radical (unpaired) electrons. The van der Waals surface area contributed by atoms with E-state index in [1.807, 2.05) is 0 Å². The third-order valence-corrected chi connectivity index (χ3v) is 2.01. The van der Waals surface area contributed by atoms with Gasteiger partial charge < -0.3 is 10.8 Å². The summed E-state index contributed by atoms with van der Waals surface area (Å²) in [5.41, 5.74) is 4.79.